The largest absolute Gasteiger partial charge is 0.377 e. The second-order valence-electron chi connectivity index (χ2n) is 6.40. The fraction of sp³-hybridized carbons (Fsp3) is 0.429. The number of aryl methyl sites for hydroxylation is 1. The van der Waals surface area contributed by atoms with E-state index < -0.39 is 0 Å². The van der Waals surface area contributed by atoms with Crippen molar-refractivity contribution < 1.29 is 4.74 Å². The lowest BCUT2D eigenvalue weighted by atomic mass is 10.1. The minimum absolute atomic E-state index is 0.711. The summed E-state index contributed by atoms with van der Waals surface area (Å²) in [6.45, 7) is 6.00. The van der Waals surface area contributed by atoms with Crippen LogP contribution in [0.25, 0.3) is 0 Å². The number of hydrogen-bond donors (Lipinski definition) is 1. The van der Waals surface area contributed by atoms with E-state index in [4.69, 9.17) is 4.74 Å². The van der Waals surface area contributed by atoms with Crippen LogP contribution >= 0.6 is 0 Å². The Balaban J connectivity index is 1.38. The van der Waals surface area contributed by atoms with Gasteiger partial charge in [-0.25, -0.2) is 0 Å². The highest BCUT2D eigenvalue weighted by molar-refractivity contribution is 5.47. The van der Waals surface area contributed by atoms with Crippen LogP contribution in [0.4, 0.5) is 5.69 Å². The Morgan fingerprint density at radius 3 is 2.54 bits per heavy atom. The highest BCUT2D eigenvalue weighted by atomic mass is 16.5. The van der Waals surface area contributed by atoms with Gasteiger partial charge in [-0.1, -0.05) is 42.5 Å². The molecular formula is C21H28N2O. The Bertz CT molecular complexity index is 575. The van der Waals surface area contributed by atoms with Gasteiger partial charge < -0.3 is 15.0 Å². The predicted octanol–water partition coefficient (Wildman–Crippen LogP) is 3.64. The summed E-state index contributed by atoms with van der Waals surface area (Å²) < 4.78 is 5.76. The summed E-state index contributed by atoms with van der Waals surface area (Å²) in [5, 5.41) is 3.45. The van der Waals surface area contributed by atoms with Crippen LogP contribution in [-0.4, -0.2) is 32.8 Å². The molecule has 3 rings (SSSR count). The first-order chi connectivity index (χ1) is 11.9. The zero-order valence-corrected chi connectivity index (χ0v) is 14.4. The van der Waals surface area contributed by atoms with Crippen molar-refractivity contribution in [2.75, 3.05) is 37.7 Å². The predicted molar refractivity (Wildman–Crippen MR) is 101 cm³/mol. The Morgan fingerprint density at radius 1 is 0.875 bits per heavy atom. The molecule has 1 N–H and O–H groups in total. The number of hydrogen-bond acceptors (Lipinski definition) is 3. The second-order valence-corrected chi connectivity index (χ2v) is 6.40. The molecule has 0 unspecified atom stereocenters. The molecule has 128 valence electrons. The van der Waals surface area contributed by atoms with Gasteiger partial charge in [-0.2, -0.15) is 0 Å². The van der Waals surface area contributed by atoms with Gasteiger partial charge in [0.15, 0.2) is 0 Å². The molecule has 1 heterocycles. The highest BCUT2D eigenvalue weighted by Crippen LogP contribution is 2.17. The van der Waals surface area contributed by atoms with E-state index in [1.807, 2.05) is 6.07 Å². The van der Waals surface area contributed by atoms with Crippen LogP contribution < -0.4 is 10.2 Å². The highest BCUT2D eigenvalue weighted by Gasteiger charge is 2.08. The second kappa shape index (κ2) is 9.45. The molecular weight excluding hydrogens is 296 g/mol. The lowest BCUT2D eigenvalue weighted by Crippen LogP contribution is -2.27. The summed E-state index contributed by atoms with van der Waals surface area (Å²) in [6.07, 6.45) is 3.37. The molecule has 2 aromatic rings. The Kier molecular flexibility index (Phi) is 6.70. The molecule has 1 aliphatic heterocycles. The standard InChI is InChI=1S/C21H28N2O/c1-2-6-20(7-3-1)18-24-17-4-8-19-9-11-21(12-10-19)23-15-5-13-22-14-16-23/h1-3,6-7,9-12,22H,4-5,8,13-18H2. The number of ether oxygens (including phenoxy) is 1. The maximum absolute atomic E-state index is 5.76. The van der Waals surface area contributed by atoms with Crippen LogP contribution in [0.3, 0.4) is 0 Å². The van der Waals surface area contributed by atoms with Gasteiger partial charge in [0.25, 0.3) is 0 Å². The Labute approximate surface area is 145 Å². The lowest BCUT2D eigenvalue weighted by molar-refractivity contribution is 0.118. The van der Waals surface area contributed by atoms with E-state index in [1.54, 1.807) is 0 Å². The van der Waals surface area contributed by atoms with Gasteiger partial charge in [0.2, 0.25) is 0 Å². The molecule has 0 aromatic heterocycles. The van der Waals surface area contributed by atoms with Gasteiger partial charge >= 0.3 is 0 Å². The summed E-state index contributed by atoms with van der Waals surface area (Å²) >= 11 is 0. The SMILES string of the molecule is c1ccc(COCCCc2ccc(N3CCCNCC3)cc2)cc1. The summed E-state index contributed by atoms with van der Waals surface area (Å²) in [7, 11) is 0. The zero-order valence-electron chi connectivity index (χ0n) is 14.4. The minimum atomic E-state index is 0.711. The van der Waals surface area contributed by atoms with E-state index in [1.165, 1.54) is 23.2 Å². The molecule has 0 aliphatic carbocycles. The molecule has 3 heteroatoms. The van der Waals surface area contributed by atoms with Gasteiger partial charge in [0.1, 0.15) is 0 Å². The van der Waals surface area contributed by atoms with Crippen molar-refractivity contribution in [2.24, 2.45) is 0 Å². The van der Waals surface area contributed by atoms with E-state index in [0.29, 0.717) is 6.61 Å². The van der Waals surface area contributed by atoms with E-state index in [2.05, 4.69) is 58.7 Å². The molecule has 24 heavy (non-hydrogen) atoms. The molecule has 1 aliphatic rings. The van der Waals surface area contributed by atoms with Crippen LogP contribution in [0, 0.1) is 0 Å². The Hall–Kier alpha value is -1.84. The molecule has 0 atom stereocenters. The summed E-state index contributed by atoms with van der Waals surface area (Å²) in [5.74, 6) is 0. The number of rotatable bonds is 7. The van der Waals surface area contributed by atoms with Gasteiger partial charge in [-0.05, 0) is 49.1 Å². The lowest BCUT2D eigenvalue weighted by Gasteiger charge is -2.22. The smallest absolute Gasteiger partial charge is 0.0716 e. The molecule has 1 saturated heterocycles. The van der Waals surface area contributed by atoms with Crippen molar-refractivity contribution in [2.45, 2.75) is 25.9 Å². The molecule has 3 nitrogen and oxygen atoms in total. The summed E-state index contributed by atoms with van der Waals surface area (Å²) in [4.78, 5) is 2.48. The topological polar surface area (TPSA) is 24.5 Å². The first-order valence-electron chi connectivity index (χ1n) is 9.08. The van der Waals surface area contributed by atoms with Gasteiger partial charge in [0, 0.05) is 31.9 Å². The first kappa shape index (κ1) is 17.0. The molecule has 0 amide bonds. The van der Waals surface area contributed by atoms with E-state index in [0.717, 1.165) is 45.6 Å². The van der Waals surface area contributed by atoms with Crippen molar-refractivity contribution >= 4 is 5.69 Å². The average Bonchev–Trinajstić information content (AvgIpc) is 2.92. The van der Waals surface area contributed by atoms with Crippen LogP contribution in [0.2, 0.25) is 0 Å². The van der Waals surface area contributed by atoms with Crippen LogP contribution in [0.5, 0.6) is 0 Å². The number of anilines is 1. The third kappa shape index (κ3) is 5.36. The third-order valence-electron chi connectivity index (χ3n) is 4.51. The van der Waals surface area contributed by atoms with Crippen molar-refractivity contribution in [3.8, 4) is 0 Å². The number of benzene rings is 2. The molecule has 1 fully saturated rings. The van der Waals surface area contributed by atoms with Crippen molar-refractivity contribution in [3.63, 3.8) is 0 Å². The first-order valence-corrected chi connectivity index (χ1v) is 9.08. The van der Waals surface area contributed by atoms with E-state index in [-0.39, 0.29) is 0 Å². The average molecular weight is 324 g/mol. The number of nitrogens with zero attached hydrogens (tertiary/aromatic N) is 1. The minimum Gasteiger partial charge on any atom is -0.377 e. The molecule has 0 bridgehead atoms. The number of nitrogens with one attached hydrogen (secondary N) is 1. The zero-order chi connectivity index (χ0) is 16.5. The van der Waals surface area contributed by atoms with Crippen molar-refractivity contribution in [1.29, 1.82) is 0 Å². The third-order valence-corrected chi connectivity index (χ3v) is 4.51. The maximum Gasteiger partial charge on any atom is 0.0716 e. The van der Waals surface area contributed by atoms with Crippen LogP contribution in [0.1, 0.15) is 24.0 Å². The van der Waals surface area contributed by atoms with Gasteiger partial charge in [0.05, 0.1) is 6.61 Å². The van der Waals surface area contributed by atoms with E-state index in [9.17, 15) is 0 Å². The summed E-state index contributed by atoms with van der Waals surface area (Å²) in [6, 6.07) is 19.4. The quantitative estimate of drug-likeness (QED) is 0.787. The van der Waals surface area contributed by atoms with Crippen LogP contribution in [0.15, 0.2) is 54.6 Å². The van der Waals surface area contributed by atoms with E-state index >= 15 is 0 Å². The molecule has 0 radical (unpaired) electrons. The fourth-order valence-electron chi connectivity index (χ4n) is 3.12. The monoisotopic (exact) mass is 324 g/mol. The maximum atomic E-state index is 5.76. The fourth-order valence-corrected chi connectivity index (χ4v) is 3.12. The van der Waals surface area contributed by atoms with Crippen molar-refractivity contribution in [1.82, 2.24) is 5.32 Å². The normalized spacial score (nSPS) is 15.2. The Morgan fingerprint density at radius 2 is 1.71 bits per heavy atom. The van der Waals surface area contributed by atoms with Crippen molar-refractivity contribution in [3.05, 3.63) is 65.7 Å². The summed E-state index contributed by atoms with van der Waals surface area (Å²) in [5.41, 5.74) is 3.99. The molecule has 0 spiro atoms. The van der Waals surface area contributed by atoms with Crippen LogP contribution in [-0.2, 0) is 17.8 Å². The molecule has 0 saturated carbocycles. The van der Waals surface area contributed by atoms with Gasteiger partial charge in [-0.3, -0.25) is 0 Å². The molecule has 2 aromatic carbocycles. The van der Waals surface area contributed by atoms with Gasteiger partial charge in [-0.15, -0.1) is 0 Å².